The number of carbonyl (C=O) groups excluding carboxylic acids is 1. The number of carbonyl (C=O) groups is 1. The summed E-state index contributed by atoms with van der Waals surface area (Å²) >= 11 is 5.98. The fraction of sp³-hybridized carbons (Fsp3) is 0.0870. The number of nitrogens with zero attached hydrogens (tertiary/aromatic N) is 3. The van der Waals surface area contributed by atoms with E-state index >= 15 is 0 Å². The molecule has 5 nitrogen and oxygen atoms in total. The third kappa shape index (κ3) is 4.36. The van der Waals surface area contributed by atoms with E-state index in [9.17, 15) is 18.0 Å². The van der Waals surface area contributed by atoms with E-state index < -0.39 is 17.7 Å². The van der Waals surface area contributed by atoms with Crippen LogP contribution >= 0.6 is 11.6 Å². The Labute approximate surface area is 185 Å². The Morgan fingerprint density at radius 2 is 1.88 bits per heavy atom. The lowest BCUT2D eigenvalue weighted by Gasteiger charge is -2.07. The first kappa shape index (κ1) is 21.6. The summed E-state index contributed by atoms with van der Waals surface area (Å²) in [5.74, 6) is -1.01. The molecule has 0 atom stereocenters. The predicted molar refractivity (Wildman–Crippen MR) is 115 cm³/mol. The van der Waals surface area contributed by atoms with Crippen molar-refractivity contribution in [2.75, 3.05) is 0 Å². The van der Waals surface area contributed by atoms with Crippen LogP contribution in [0.1, 0.15) is 27.2 Å². The average Bonchev–Trinajstić information content (AvgIpc) is 3.14. The van der Waals surface area contributed by atoms with Crippen molar-refractivity contribution in [1.29, 1.82) is 0 Å². The average molecular weight is 458 g/mol. The molecule has 4 aromatic rings. The van der Waals surface area contributed by atoms with Gasteiger partial charge in [-0.15, -0.1) is 0 Å². The number of halogens is 4. The van der Waals surface area contributed by atoms with Gasteiger partial charge in [0.05, 0.1) is 28.7 Å². The molecule has 0 saturated heterocycles. The van der Waals surface area contributed by atoms with Crippen LogP contribution in [0, 0.1) is 6.92 Å². The lowest BCUT2D eigenvalue weighted by molar-refractivity contribution is -0.137. The number of fused-ring (bicyclic) bond motifs is 1. The standard InChI is InChI=1S/C23H15ClF3N3O2/c1-14-4-3-11-30-19(20(29-21(14)30)15-7-9-18(24)10-8-15)13-28-32-22(31)16-5-2-6-17(12-16)23(25,26)27/h2-13H,1H3. The van der Waals surface area contributed by atoms with Gasteiger partial charge in [0.1, 0.15) is 5.65 Å². The smallest absolute Gasteiger partial charge is 0.313 e. The second-order valence-corrected chi connectivity index (χ2v) is 7.37. The Hall–Kier alpha value is -3.65. The SMILES string of the molecule is Cc1cccn2c(C=NOC(=O)c3cccc(C(F)(F)F)c3)c(-c3ccc(Cl)cc3)nc12. The van der Waals surface area contributed by atoms with Crippen LogP contribution < -0.4 is 0 Å². The normalized spacial score (nSPS) is 11.9. The Morgan fingerprint density at radius 3 is 2.59 bits per heavy atom. The summed E-state index contributed by atoms with van der Waals surface area (Å²) in [6.45, 7) is 1.91. The van der Waals surface area contributed by atoms with Gasteiger partial charge in [-0.1, -0.05) is 41.0 Å². The van der Waals surface area contributed by atoms with Crippen molar-refractivity contribution in [3.8, 4) is 11.3 Å². The van der Waals surface area contributed by atoms with E-state index in [1.54, 1.807) is 34.9 Å². The van der Waals surface area contributed by atoms with Crippen LogP contribution in [0.5, 0.6) is 0 Å². The number of aromatic nitrogens is 2. The molecule has 0 spiro atoms. The molecule has 0 aliphatic heterocycles. The number of hydrogen-bond acceptors (Lipinski definition) is 4. The maximum Gasteiger partial charge on any atom is 0.416 e. The number of pyridine rings is 1. The zero-order chi connectivity index (χ0) is 22.9. The van der Waals surface area contributed by atoms with Gasteiger partial charge in [0.2, 0.25) is 0 Å². The molecule has 2 heterocycles. The highest BCUT2D eigenvalue weighted by atomic mass is 35.5. The highest BCUT2D eigenvalue weighted by molar-refractivity contribution is 6.30. The fourth-order valence-corrected chi connectivity index (χ4v) is 3.29. The van der Waals surface area contributed by atoms with Crippen LogP contribution in [0.25, 0.3) is 16.9 Å². The van der Waals surface area contributed by atoms with E-state index in [0.717, 1.165) is 23.3 Å². The van der Waals surface area contributed by atoms with Crippen molar-refractivity contribution < 1.29 is 22.8 Å². The molecule has 9 heteroatoms. The number of oxime groups is 1. The first-order valence-corrected chi connectivity index (χ1v) is 9.77. The third-order valence-corrected chi connectivity index (χ3v) is 4.99. The minimum Gasteiger partial charge on any atom is -0.313 e. The minimum absolute atomic E-state index is 0.260. The quantitative estimate of drug-likeness (QED) is 0.209. The molecule has 32 heavy (non-hydrogen) atoms. The van der Waals surface area contributed by atoms with E-state index in [0.29, 0.717) is 28.1 Å². The molecule has 0 amide bonds. The molecular formula is C23H15ClF3N3O2. The molecule has 0 bridgehead atoms. The highest BCUT2D eigenvalue weighted by Crippen LogP contribution is 2.30. The number of imidazole rings is 1. The maximum absolute atomic E-state index is 12.9. The summed E-state index contributed by atoms with van der Waals surface area (Å²) in [4.78, 5) is 21.8. The summed E-state index contributed by atoms with van der Waals surface area (Å²) in [6, 6.07) is 14.7. The molecular weight excluding hydrogens is 443 g/mol. The van der Waals surface area contributed by atoms with Crippen LogP contribution in [-0.2, 0) is 11.0 Å². The van der Waals surface area contributed by atoms with Gasteiger partial charge in [-0.3, -0.25) is 4.40 Å². The molecule has 0 saturated carbocycles. The highest BCUT2D eigenvalue weighted by Gasteiger charge is 2.31. The van der Waals surface area contributed by atoms with Gasteiger partial charge in [-0.05, 0) is 48.9 Å². The van der Waals surface area contributed by atoms with Crippen molar-refractivity contribution >= 4 is 29.4 Å². The van der Waals surface area contributed by atoms with E-state index in [1.165, 1.54) is 12.3 Å². The molecule has 0 N–H and O–H groups in total. The maximum atomic E-state index is 12.9. The van der Waals surface area contributed by atoms with Gasteiger partial charge in [0.25, 0.3) is 0 Å². The Morgan fingerprint density at radius 1 is 1.12 bits per heavy atom. The molecule has 0 aliphatic rings. The Balaban J connectivity index is 1.67. The first-order valence-electron chi connectivity index (χ1n) is 9.39. The van der Waals surface area contributed by atoms with Crippen molar-refractivity contribution in [1.82, 2.24) is 9.38 Å². The van der Waals surface area contributed by atoms with Gasteiger partial charge in [0.15, 0.2) is 0 Å². The zero-order valence-corrected chi connectivity index (χ0v) is 17.4. The van der Waals surface area contributed by atoms with Crippen molar-refractivity contribution in [2.24, 2.45) is 5.16 Å². The summed E-state index contributed by atoms with van der Waals surface area (Å²) in [7, 11) is 0. The lowest BCUT2D eigenvalue weighted by atomic mass is 10.1. The van der Waals surface area contributed by atoms with Crippen LogP contribution in [-0.4, -0.2) is 21.6 Å². The van der Waals surface area contributed by atoms with E-state index in [2.05, 4.69) is 10.1 Å². The molecule has 0 unspecified atom stereocenters. The molecule has 162 valence electrons. The predicted octanol–water partition coefficient (Wildman–Crippen LogP) is 6.17. The summed E-state index contributed by atoms with van der Waals surface area (Å²) in [5.41, 5.74) is 2.27. The summed E-state index contributed by atoms with van der Waals surface area (Å²) < 4.78 is 40.4. The largest absolute Gasteiger partial charge is 0.416 e. The number of aryl methyl sites for hydroxylation is 1. The molecule has 2 aromatic heterocycles. The molecule has 0 radical (unpaired) electrons. The topological polar surface area (TPSA) is 56.0 Å². The second kappa shape index (κ2) is 8.47. The summed E-state index contributed by atoms with van der Waals surface area (Å²) in [5, 5.41) is 4.29. The van der Waals surface area contributed by atoms with Crippen molar-refractivity contribution in [3.63, 3.8) is 0 Å². The molecule has 4 rings (SSSR count). The van der Waals surface area contributed by atoms with Gasteiger partial charge >= 0.3 is 12.1 Å². The van der Waals surface area contributed by atoms with Crippen molar-refractivity contribution in [2.45, 2.75) is 13.1 Å². The Kier molecular flexibility index (Phi) is 5.71. The van der Waals surface area contributed by atoms with Crippen LogP contribution in [0.3, 0.4) is 0 Å². The lowest BCUT2D eigenvalue weighted by Crippen LogP contribution is -2.08. The monoisotopic (exact) mass is 457 g/mol. The summed E-state index contributed by atoms with van der Waals surface area (Å²) in [6.07, 6.45) is -1.49. The van der Waals surface area contributed by atoms with Crippen molar-refractivity contribution in [3.05, 3.63) is 94.3 Å². The molecule has 2 aromatic carbocycles. The van der Waals surface area contributed by atoms with Crippen LogP contribution in [0.2, 0.25) is 5.02 Å². The fourth-order valence-electron chi connectivity index (χ4n) is 3.17. The molecule has 0 aliphatic carbocycles. The van der Waals surface area contributed by atoms with Gasteiger partial charge in [0, 0.05) is 16.8 Å². The van der Waals surface area contributed by atoms with E-state index in [-0.39, 0.29) is 5.56 Å². The second-order valence-electron chi connectivity index (χ2n) is 6.93. The van der Waals surface area contributed by atoms with E-state index in [4.69, 9.17) is 16.4 Å². The van der Waals surface area contributed by atoms with Gasteiger partial charge in [-0.2, -0.15) is 13.2 Å². The Bertz CT molecular complexity index is 1330. The van der Waals surface area contributed by atoms with Gasteiger partial charge in [-0.25, -0.2) is 9.78 Å². The number of alkyl halides is 3. The van der Waals surface area contributed by atoms with Crippen LogP contribution in [0.15, 0.2) is 72.0 Å². The molecule has 0 fully saturated rings. The minimum atomic E-state index is -4.57. The first-order chi connectivity index (χ1) is 15.2. The van der Waals surface area contributed by atoms with E-state index in [1.807, 2.05) is 19.1 Å². The zero-order valence-electron chi connectivity index (χ0n) is 16.6. The number of hydrogen-bond donors (Lipinski definition) is 0. The third-order valence-electron chi connectivity index (χ3n) is 4.74. The number of benzene rings is 2. The van der Waals surface area contributed by atoms with Gasteiger partial charge < -0.3 is 4.84 Å². The van der Waals surface area contributed by atoms with Crippen LogP contribution in [0.4, 0.5) is 13.2 Å². The number of rotatable bonds is 4.